The first-order chi connectivity index (χ1) is 25.8. The molecule has 0 saturated carbocycles. The van der Waals surface area contributed by atoms with Gasteiger partial charge in [-0.15, -0.1) is 0 Å². The van der Waals surface area contributed by atoms with Crippen LogP contribution >= 0.6 is 0 Å². The van der Waals surface area contributed by atoms with E-state index in [4.69, 9.17) is 4.42 Å². The number of nitrogens with zero attached hydrogens (tertiary/aromatic N) is 3. The maximum atomic E-state index is 6.91. The van der Waals surface area contributed by atoms with Gasteiger partial charge in [0.15, 0.2) is 5.58 Å². The zero-order valence-electron chi connectivity index (χ0n) is 28.1. The Morgan fingerprint density at radius 2 is 1.04 bits per heavy atom. The van der Waals surface area contributed by atoms with Gasteiger partial charge >= 0.3 is 0 Å². The predicted molar refractivity (Wildman–Crippen MR) is 216 cm³/mol. The van der Waals surface area contributed by atoms with Crippen molar-refractivity contribution < 1.29 is 4.42 Å². The molecule has 3 aromatic heterocycles. The molecule has 0 amide bonds. The normalized spacial score (nSPS) is 16.8. The molecule has 2 atom stereocenters. The molecule has 0 N–H and O–H groups in total. The minimum atomic E-state index is 0.112. The molecule has 2 aliphatic rings. The fourth-order valence-corrected chi connectivity index (χ4v) is 9.25. The average Bonchev–Trinajstić information content (AvgIpc) is 3.94. The molecule has 1 aliphatic heterocycles. The van der Waals surface area contributed by atoms with Crippen LogP contribution in [-0.4, -0.2) is 15.2 Å². The van der Waals surface area contributed by atoms with Crippen LogP contribution in [0.3, 0.4) is 0 Å². The van der Waals surface area contributed by atoms with Gasteiger partial charge in [-0.1, -0.05) is 115 Å². The van der Waals surface area contributed by atoms with Gasteiger partial charge in [-0.3, -0.25) is 0 Å². The second kappa shape index (κ2) is 10.4. The number of benzene rings is 7. The summed E-state index contributed by atoms with van der Waals surface area (Å²) in [5.41, 5.74) is 12.6. The van der Waals surface area contributed by atoms with Crippen LogP contribution in [0.15, 0.2) is 180 Å². The standard InChI is InChI=1S/C48H31N3O/c1-2-12-30(13-3-1)51-45-26-22-31(49-41-18-8-4-14-33(41)34-15-5-9-19-42(34)49)28-39(45)37-24-25-38-40-29-32(23-27-46(40)52-48(38)47(37)51)50-43-20-10-6-16-35(43)36-17-7-11-21-44(36)50/h1-29,39,45H. The molecule has 2 unspecified atom stereocenters. The molecule has 7 aromatic carbocycles. The van der Waals surface area contributed by atoms with E-state index in [1.807, 2.05) is 0 Å². The van der Waals surface area contributed by atoms with E-state index in [-0.39, 0.29) is 12.0 Å². The summed E-state index contributed by atoms with van der Waals surface area (Å²) in [6, 6.07) is 57.0. The van der Waals surface area contributed by atoms with Crippen LogP contribution in [0.4, 0.5) is 11.4 Å². The lowest BCUT2D eigenvalue weighted by Gasteiger charge is -2.30. The fraction of sp³-hybridized carbons (Fsp3) is 0.0417. The summed E-state index contributed by atoms with van der Waals surface area (Å²) in [5, 5.41) is 7.32. The Morgan fingerprint density at radius 3 is 1.67 bits per heavy atom. The Labute approximate surface area is 299 Å². The van der Waals surface area contributed by atoms with E-state index in [0.717, 1.165) is 39.0 Å². The van der Waals surface area contributed by atoms with Crippen LogP contribution in [0, 0.1) is 0 Å². The Bertz CT molecular complexity index is 3050. The molecule has 0 bridgehead atoms. The molecule has 0 saturated heterocycles. The molecule has 4 heteroatoms. The lowest BCUT2D eigenvalue weighted by molar-refractivity contribution is 0.667. The monoisotopic (exact) mass is 665 g/mol. The molecule has 52 heavy (non-hydrogen) atoms. The third-order valence-corrected chi connectivity index (χ3v) is 11.4. The topological polar surface area (TPSA) is 26.2 Å². The molecule has 0 fully saturated rings. The highest BCUT2D eigenvalue weighted by atomic mass is 16.3. The van der Waals surface area contributed by atoms with Gasteiger partial charge in [0.2, 0.25) is 0 Å². The van der Waals surface area contributed by atoms with Crippen LogP contribution in [0.1, 0.15) is 11.5 Å². The minimum absolute atomic E-state index is 0.112. The number of rotatable bonds is 3. The van der Waals surface area contributed by atoms with Crippen molar-refractivity contribution in [2.75, 3.05) is 4.90 Å². The maximum Gasteiger partial charge on any atom is 0.159 e. The van der Waals surface area contributed by atoms with Crippen LogP contribution in [-0.2, 0) is 0 Å². The van der Waals surface area contributed by atoms with Crippen molar-refractivity contribution in [3.63, 3.8) is 0 Å². The van der Waals surface area contributed by atoms with E-state index in [0.29, 0.717) is 0 Å². The van der Waals surface area contributed by atoms with Gasteiger partial charge in [-0.05, 0) is 66.2 Å². The van der Waals surface area contributed by atoms with Gasteiger partial charge in [-0.2, -0.15) is 0 Å². The lowest BCUT2D eigenvalue weighted by atomic mass is 9.89. The van der Waals surface area contributed by atoms with Crippen molar-refractivity contribution in [2.45, 2.75) is 12.0 Å². The third kappa shape index (κ3) is 3.70. The zero-order valence-corrected chi connectivity index (χ0v) is 28.1. The number of furan rings is 1. The number of anilines is 2. The quantitative estimate of drug-likeness (QED) is 0.188. The Hall–Kier alpha value is -6.78. The number of hydrogen-bond donors (Lipinski definition) is 0. The first kappa shape index (κ1) is 28.0. The first-order valence-electron chi connectivity index (χ1n) is 18.0. The van der Waals surface area contributed by atoms with Crippen LogP contribution in [0.5, 0.6) is 0 Å². The second-order valence-electron chi connectivity index (χ2n) is 14.1. The summed E-state index contributed by atoms with van der Waals surface area (Å²) in [6.07, 6.45) is 7.18. The molecule has 4 nitrogen and oxygen atoms in total. The molecule has 0 radical (unpaired) electrons. The first-order valence-corrected chi connectivity index (χ1v) is 18.0. The molecule has 10 aromatic rings. The van der Waals surface area contributed by atoms with E-state index in [2.05, 4.69) is 190 Å². The predicted octanol–water partition coefficient (Wildman–Crippen LogP) is 12.5. The number of fused-ring (bicyclic) bond motifs is 13. The van der Waals surface area contributed by atoms with Crippen molar-refractivity contribution in [2.24, 2.45) is 0 Å². The summed E-state index contributed by atoms with van der Waals surface area (Å²) in [4.78, 5) is 2.49. The molecule has 1 aliphatic carbocycles. The van der Waals surface area contributed by atoms with E-state index < -0.39 is 0 Å². The number of para-hydroxylation sites is 5. The van der Waals surface area contributed by atoms with Crippen molar-refractivity contribution in [1.29, 1.82) is 0 Å². The van der Waals surface area contributed by atoms with Crippen molar-refractivity contribution >= 4 is 82.6 Å². The summed E-state index contributed by atoms with van der Waals surface area (Å²) < 4.78 is 11.7. The summed E-state index contributed by atoms with van der Waals surface area (Å²) in [5.74, 6) is 0.140. The van der Waals surface area contributed by atoms with Crippen molar-refractivity contribution in [1.82, 2.24) is 9.13 Å². The maximum absolute atomic E-state index is 6.91. The highest BCUT2D eigenvalue weighted by Gasteiger charge is 2.41. The SMILES string of the molecule is C1=CC2C(C=C1n1c3ccccc3c3ccccc31)c1ccc3c(oc4ccc(-n5c6ccccc6c6ccccc65)cc43)c1N2c1ccccc1. The minimum Gasteiger partial charge on any atom is -0.454 e. The molecule has 4 heterocycles. The number of aromatic nitrogens is 2. The van der Waals surface area contributed by atoms with Crippen LogP contribution in [0.2, 0.25) is 0 Å². The van der Waals surface area contributed by atoms with Gasteiger partial charge < -0.3 is 18.5 Å². The summed E-state index contributed by atoms with van der Waals surface area (Å²) in [7, 11) is 0. The lowest BCUT2D eigenvalue weighted by Crippen LogP contribution is -2.29. The second-order valence-corrected chi connectivity index (χ2v) is 14.1. The van der Waals surface area contributed by atoms with Crippen molar-refractivity contribution in [3.05, 3.63) is 182 Å². The van der Waals surface area contributed by atoms with Gasteiger partial charge in [-0.25, -0.2) is 0 Å². The number of hydrogen-bond acceptors (Lipinski definition) is 2. The average molecular weight is 666 g/mol. The van der Waals surface area contributed by atoms with E-state index in [9.17, 15) is 0 Å². The Kier molecular flexibility index (Phi) is 5.58. The molecule has 12 rings (SSSR count). The summed E-state index contributed by atoms with van der Waals surface area (Å²) >= 11 is 0. The van der Waals surface area contributed by atoms with Gasteiger partial charge in [0.05, 0.1) is 33.8 Å². The molecule has 244 valence electrons. The highest BCUT2D eigenvalue weighted by Crippen LogP contribution is 2.53. The van der Waals surface area contributed by atoms with Crippen LogP contribution < -0.4 is 4.90 Å². The van der Waals surface area contributed by atoms with Crippen LogP contribution in [0.25, 0.3) is 76.9 Å². The smallest absolute Gasteiger partial charge is 0.159 e. The third-order valence-electron chi connectivity index (χ3n) is 11.4. The Morgan fingerprint density at radius 1 is 0.462 bits per heavy atom. The highest BCUT2D eigenvalue weighted by molar-refractivity contribution is 6.14. The molecule has 0 spiro atoms. The van der Waals surface area contributed by atoms with Gasteiger partial charge in [0, 0.05) is 55.3 Å². The Balaban J connectivity index is 1.08. The zero-order chi connectivity index (χ0) is 33.9. The summed E-state index contributed by atoms with van der Waals surface area (Å²) in [6.45, 7) is 0. The van der Waals surface area contributed by atoms with E-state index in [1.165, 1.54) is 54.9 Å². The van der Waals surface area contributed by atoms with Crippen molar-refractivity contribution in [3.8, 4) is 5.69 Å². The molecular weight excluding hydrogens is 635 g/mol. The van der Waals surface area contributed by atoms with E-state index in [1.54, 1.807) is 0 Å². The fourth-order valence-electron chi connectivity index (χ4n) is 9.25. The largest absolute Gasteiger partial charge is 0.454 e. The van der Waals surface area contributed by atoms with E-state index >= 15 is 0 Å². The van der Waals surface area contributed by atoms with Gasteiger partial charge in [0.25, 0.3) is 0 Å². The van der Waals surface area contributed by atoms with Gasteiger partial charge in [0.1, 0.15) is 5.58 Å². The number of allylic oxidation sites excluding steroid dienone is 2. The molecular formula is C48H31N3O.